The van der Waals surface area contributed by atoms with E-state index in [2.05, 4.69) is 10.0 Å². The van der Waals surface area contributed by atoms with Gasteiger partial charge in [-0.15, -0.1) is 0 Å². The molecule has 0 aromatic heterocycles. The van der Waals surface area contributed by atoms with Gasteiger partial charge in [0.1, 0.15) is 17.7 Å². The maximum absolute atomic E-state index is 13.4. The van der Waals surface area contributed by atoms with Crippen LogP contribution in [0.15, 0.2) is 71.6 Å². The molecule has 0 aliphatic carbocycles. The number of hydrogen-bond donors (Lipinski definition) is 3. The summed E-state index contributed by atoms with van der Waals surface area (Å²) in [6.07, 6.45) is -5.41. The summed E-state index contributed by atoms with van der Waals surface area (Å²) in [5, 5.41) is 12.4. The summed E-state index contributed by atoms with van der Waals surface area (Å²) in [5.41, 5.74) is -0.232. The summed E-state index contributed by atoms with van der Waals surface area (Å²) in [6.45, 7) is 3.34. The number of ether oxygens (including phenoxy) is 1. The van der Waals surface area contributed by atoms with Gasteiger partial charge in [-0.1, -0.05) is 6.92 Å². The van der Waals surface area contributed by atoms with E-state index < -0.39 is 45.8 Å². The number of aliphatic hydroxyl groups excluding tert-OH is 1. The van der Waals surface area contributed by atoms with E-state index in [0.717, 1.165) is 48.5 Å². The number of likely N-dealkylation sites (N-methyl/N-ethyl adjacent to an activating group) is 1. The number of anilines is 2. The molecule has 46 heavy (non-hydrogen) atoms. The minimum Gasteiger partial charge on any atom is -0.488 e. The first-order valence-corrected chi connectivity index (χ1v) is 15.7. The zero-order valence-corrected chi connectivity index (χ0v) is 26.0. The monoisotopic (exact) mass is 666 g/mol. The highest BCUT2D eigenvalue weighted by Gasteiger charge is 2.33. The van der Waals surface area contributed by atoms with Crippen LogP contribution in [0.25, 0.3) is 0 Å². The van der Waals surface area contributed by atoms with E-state index in [-0.39, 0.29) is 60.0 Å². The summed E-state index contributed by atoms with van der Waals surface area (Å²) in [7, 11) is -2.61. The third-order valence-corrected chi connectivity index (χ3v) is 8.95. The van der Waals surface area contributed by atoms with E-state index in [1.165, 1.54) is 35.0 Å². The highest BCUT2D eigenvalue weighted by Crippen LogP contribution is 2.31. The van der Waals surface area contributed by atoms with Crippen molar-refractivity contribution in [1.29, 1.82) is 0 Å². The fraction of sp³-hybridized carbons (Fsp3) is 0.355. The molecule has 1 heterocycles. The highest BCUT2D eigenvalue weighted by molar-refractivity contribution is 7.92. The molecule has 1 aliphatic rings. The maximum atomic E-state index is 13.4. The molecular formula is C31H34F4N4O6S. The van der Waals surface area contributed by atoms with Crippen molar-refractivity contribution in [1.82, 2.24) is 9.80 Å². The van der Waals surface area contributed by atoms with Gasteiger partial charge in [0.05, 0.1) is 36.1 Å². The lowest BCUT2D eigenvalue weighted by Gasteiger charge is -2.34. The molecule has 0 saturated carbocycles. The topological polar surface area (TPSA) is 128 Å². The number of hydrogen-bond acceptors (Lipinski definition) is 6. The molecule has 0 radical (unpaired) electrons. The maximum Gasteiger partial charge on any atom is 0.416 e. The molecule has 1 aliphatic heterocycles. The number of nitrogens with one attached hydrogen (secondary N) is 2. The van der Waals surface area contributed by atoms with E-state index in [1.54, 1.807) is 6.92 Å². The zero-order chi connectivity index (χ0) is 33.8. The molecule has 0 fully saturated rings. The van der Waals surface area contributed by atoms with Crippen molar-refractivity contribution in [2.24, 2.45) is 5.92 Å². The number of carbonyl (C=O) groups excluding carboxylic acids is 2. The third-order valence-electron chi connectivity index (χ3n) is 7.56. The Balaban J connectivity index is 1.58. The largest absolute Gasteiger partial charge is 0.488 e. The van der Waals surface area contributed by atoms with Crippen LogP contribution in [0.2, 0.25) is 0 Å². The second-order valence-electron chi connectivity index (χ2n) is 11.2. The van der Waals surface area contributed by atoms with Gasteiger partial charge in [-0.25, -0.2) is 17.6 Å². The van der Waals surface area contributed by atoms with Crippen LogP contribution >= 0.6 is 0 Å². The first-order valence-electron chi connectivity index (χ1n) is 14.2. The average molecular weight is 667 g/mol. The number of urea groups is 1. The summed E-state index contributed by atoms with van der Waals surface area (Å²) in [6, 6.07) is 11.5. The lowest BCUT2D eigenvalue weighted by atomic mass is 10.0. The number of carbonyl (C=O) groups is 2. The minimum absolute atomic E-state index is 0.00155. The predicted octanol–water partition coefficient (Wildman–Crippen LogP) is 4.96. The Labute approximate surface area is 264 Å². The van der Waals surface area contributed by atoms with Crippen molar-refractivity contribution in [2.75, 3.05) is 36.8 Å². The summed E-state index contributed by atoms with van der Waals surface area (Å²) in [5.74, 6) is -1.04. The number of fused-ring (bicyclic) bond motifs is 1. The Morgan fingerprint density at radius 2 is 1.72 bits per heavy atom. The molecule has 3 aromatic carbocycles. The van der Waals surface area contributed by atoms with Crippen LogP contribution < -0.4 is 14.8 Å². The van der Waals surface area contributed by atoms with Gasteiger partial charge in [0.2, 0.25) is 5.91 Å². The van der Waals surface area contributed by atoms with Gasteiger partial charge >= 0.3 is 12.2 Å². The van der Waals surface area contributed by atoms with Crippen LogP contribution in [0, 0.1) is 11.7 Å². The SMILES string of the molecule is C[C@@H]1CN([C@@H](C)CO)C(=O)Cc2cc(NS(=O)(=O)c3ccc(F)cc3)ccc2O[C@@H]1CN(C)C(=O)Nc1ccc(C(F)(F)F)cc1. The van der Waals surface area contributed by atoms with E-state index in [1.807, 2.05) is 6.92 Å². The van der Waals surface area contributed by atoms with Crippen LogP contribution in [0.3, 0.4) is 0 Å². The number of halogens is 4. The molecule has 10 nitrogen and oxygen atoms in total. The van der Waals surface area contributed by atoms with Crippen LogP contribution in [0.1, 0.15) is 25.0 Å². The van der Waals surface area contributed by atoms with Gasteiger partial charge in [0.15, 0.2) is 0 Å². The fourth-order valence-electron chi connectivity index (χ4n) is 4.85. The van der Waals surface area contributed by atoms with Gasteiger partial charge < -0.3 is 25.0 Å². The van der Waals surface area contributed by atoms with Gasteiger partial charge in [-0.05, 0) is 73.7 Å². The lowest BCUT2D eigenvalue weighted by molar-refractivity contribution is -0.137. The second kappa shape index (κ2) is 14.0. The number of alkyl halides is 3. The molecule has 3 aromatic rings. The Bertz CT molecular complexity index is 1650. The molecule has 248 valence electrons. The van der Waals surface area contributed by atoms with E-state index >= 15 is 0 Å². The van der Waals surface area contributed by atoms with Crippen molar-refractivity contribution >= 4 is 33.3 Å². The standard InChI is InChI=1S/C31H34F4N4O6S/c1-19-16-39(20(2)18-40)29(41)15-21-14-25(37-46(43,44)26-11-6-23(32)7-12-26)10-13-27(21)45-28(19)17-38(3)30(42)36-24-8-4-22(5-9-24)31(33,34)35/h4-14,19-20,28,37,40H,15-18H2,1-3H3,(H,36,42)/t19-,20+,28-/m1/s1. The second-order valence-corrected chi connectivity index (χ2v) is 12.8. The molecule has 15 heteroatoms. The Kier molecular flexibility index (Phi) is 10.5. The minimum atomic E-state index is -4.52. The number of amides is 3. The highest BCUT2D eigenvalue weighted by atomic mass is 32.2. The van der Waals surface area contributed by atoms with Crippen molar-refractivity contribution < 1.29 is 45.4 Å². The summed E-state index contributed by atoms with van der Waals surface area (Å²) >= 11 is 0. The van der Waals surface area contributed by atoms with Gasteiger partial charge in [0.25, 0.3) is 10.0 Å². The van der Waals surface area contributed by atoms with Gasteiger partial charge in [-0.2, -0.15) is 13.2 Å². The Morgan fingerprint density at radius 3 is 2.33 bits per heavy atom. The normalized spacial score (nSPS) is 17.9. The molecule has 3 N–H and O–H groups in total. The third kappa shape index (κ3) is 8.46. The molecule has 0 saturated heterocycles. The molecule has 0 spiro atoms. The van der Waals surface area contributed by atoms with Crippen molar-refractivity contribution in [3.63, 3.8) is 0 Å². The number of rotatable bonds is 8. The number of sulfonamides is 1. The van der Waals surface area contributed by atoms with Crippen LogP contribution in [-0.2, 0) is 27.4 Å². The molecular weight excluding hydrogens is 632 g/mol. The Morgan fingerprint density at radius 1 is 1.09 bits per heavy atom. The zero-order valence-electron chi connectivity index (χ0n) is 25.2. The number of nitrogens with zero attached hydrogens (tertiary/aromatic N) is 2. The molecule has 0 bridgehead atoms. The van der Waals surface area contributed by atoms with Crippen molar-refractivity contribution in [3.8, 4) is 5.75 Å². The lowest BCUT2D eigenvalue weighted by Crippen LogP contribution is -2.48. The molecule has 3 atom stereocenters. The summed E-state index contributed by atoms with van der Waals surface area (Å²) in [4.78, 5) is 29.0. The van der Waals surface area contributed by atoms with Crippen molar-refractivity contribution in [2.45, 2.75) is 43.5 Å². The average Bonchev–Trinajstić information content (AvgIpc) is 3.04. The quantitative estimate of drug-likeness (QED) is 0.292. The molecule has 3 amide bonds. The Hall–Kier alpha value is -4.37. The van der Waals surface area contributed by atoms with Gasteiger partial charge in [0, 0.05) is 36.4 Å². The fourth-order valence-corrected chi connectivity index (χ4v) is 5.90. The van der Waals surface area contributed by atoms with E-state index in [0.29, 0.717) is 5.56 Å². The number of aliphatic hydroxyl groups is 1. The van der Waals surface area contributed by atoms with Crippen LogP contribution in [0.5, 0.6) is 5.75 Å². The first kappa shape index (κ1) is 34.5. The molecule has 0 unspecified atom stereocenters. The molecule has 4 rings (SSSR count). The van der Waals surface area contributed by atoms with Crippen LogP contribution in [0.4, 0.5) is 33.7 Å². The smallest absolute Gasteiger partial charge is 0.416 e. The van der Waals surface area contributed by atoms with E-state index in [9.17, 15) is 40.7 Å². The first-order chi connectivity index (χ1) is 21.6. The van der Waals surface area contributed by atoms with E-state index in [4.69, 9.17) is 4.74 Å². The van der Waals surface area contributed by atoms with Gasteiger partial charge in [-0.3, -0.25) is 9.52 Å². The predicted molar refractivity (Wildman–Crippen MR) is 162 cm³/mol. The van der Waals surface area contributed by atoms with Crippen molar-refractivity contribution in [3.05, 3.63) is 83.7 Å². The summed E-state index contributed by atoms with van der Waals surface area (Å²) < 4.78 is 86.7. The number of benzene rings is 3. The van der Waals surface area contributed by atoms with Crippen LogP contribution in [-0.4, -0.2) is 74.2 Å².